The zero-order chi connectivity index (χ0) is 21.8. The molecule has 5 rings (SSSR count). The second-order valence-corrected chi connectivity index (χ2v) is 9.37. The first kappa shape index (κ1) is 20.2. The molecule has 1 spiro atoms. The van der Waals surface area contributed by atoms with Crippen LogP contribution < -0.4 is 10.1 Å². The Morgan fingerprint density at radius 1 is 1.23 bits per heavy atom. The molecule has 2 aromatic carbocycles. The van der Waals surface area contributed by atoms with Crippen LogP contribution in [0.3, 0.4) is 0 Å². The van der Waals surface area contributed by atoms with Gasteiger partial charge in [0.1, 0.15) is 11.3 Å². The number of carbonyl (C=O) groups is 2. The standard InChI is InChI=1S/C24H21ClN2O3S/c1-27-13-17(14-5-7-15(25)8-6-14)21(22(28)20-4-3-11-31-20)24(27)18-12-16(30-2)9-10-19(18)26-23(24)29/h3-12,17,21H,13H2,1-2H3,(H,26,29). The molecule has 0 bridgehead atoms. The molecular weight excluding hydrogens is 432 g/mol. The lowest BCUT2D eigenvalue weighted by Gasteiger charge is -2.35. The maximum absolute atomic E-state index is 13.9. The number of ether oxygens (including phenoxy) is 1. The number of thiophene rings is 1. The molecule has 3 aromatic rings. The molecule has 2 aliphatic heterocycles. The third-order valence-corrected chi connectivity index (χ3v) is 7.64. The molecule has 0 aliphatic carbocycles. The van der Waals surface area contributed by atoms with Gasteiger partial charge in [0.2, 0.25) is 5.91 Å². The van der Waals surface area contributed by atoms with Gasteiger partial charge in [-0.3, -0.25) is 14.5 Å². The summed E-state index contributed by atoms with van der Waals surface area (Å²) < 4.78 is 5.45. The van der Waals surface area contributed by atoms with Crippen LogP contribution in [0, 0.1) is 5.92 Å². The van der Waals surface area contributed by atoms with Crippen molar-refractivity contribution >= 4 is 40.3 Å². The number of Topliss-reactive ketones (excluding diaryl/α,β-unsaturated/α-hetero) is 1. The van der Waals surface area contributed by atoms with Gasteiger partial charge in [0.15, 0.2) is 5.78 Å². The third-order valence-electron chi connectivity index (χ3n) is 6.50. The minimum Gasteiger partial charge on any atom is -0.497 e. The fourth-order valence-corrected chi connectivity index (χ4v) is 5.96. The molecule has 31 heavy (non-hydrogen) atoms. The van der Waals surface area contributed by atoms with Gasteiger partial charge in [0, 0.05) is 28.7 Å². The molecule has 0 radical (unpaired) electrons. The summed E-state index contributed by atoms with van der Waals surface area (Å²) in [4.78, 5) is 30.2. The van der Waals surface area contributed by atoms with E-state index in [1.54, 1.807) is 7.11 Å². The maximum atomic E-state index is 13.9. The van der Waals surface area contributed by atoms with Gasteiger partial charge in [-0.05, 0) is 54.4 Å². The lowest BCUT2D eigenvalue weighted by Crippen LogP contribution is -2.51. The van der Waals surface area contributed by atoms with Crippen LogP contribution in [0.15, 0.2) is 60.0 Å². The van der Waals surface area contributed by atoms with Crippen molar-refractivity contribution in [3.8, 4) is 5.75 Å². The first-order chi connectivity index (χ1) is 15.0. The minimum atomic E-state index is -1.12. The number of halogens is 1. The molecule has 158 valence electrons. The van der Waals surface area contributed by atoms with Gasteiger partial charge in [0.25, 0.3) is 0 Å². The maximum Gasteiger partial charge on any atom is 0.250 e. The molecule has 3 unspecified atom stereocenters. The quantitative estimate of drug-likeness (QED) is 0.578. The van der Waals surface area contributed by atoms with E-state index >= 15 is 0 Å². The van der Waals surface area contributed by atoms with Crippen LogP contribution in [0.1, 0.15) is 26.7 Å². The molecule has 3 atom stereocenters. The molecule has 1 amide bonds. The van der Waals surface area contributed by atoms with E-state index in [-0.39, 0.29) is 17.6 Å². The normalized spacial score (nSPS) is 24.9. The van der Waals surface area contributed by atoms with Crippen molar-refractivity contribution in [1.29, 1.82) is 0 Å². The summed E-state index contributed by atoms with van der Waals surface area (Å²) in [5.74, 6) is -0.305. The van der Waals surface area contributed by atoms with Gasteiger partial charge < -0.3 is 10.1 Å². The molecule has 1 N–H and O–H groups in total. The zero-order valence-corrected chi connectivity index (χ0v) is 18.7. The molecule has 1 fully saturated rings. The van der Waals surface area contributed by atoms with Crippen LogP contribution in [-0.2, 0) is 10.3 Å². The molecule has 1 aromatic heterocycles. The second kappa shape index (κ2) is 7.48. The summed E-state index contributed by atoms with van der Waals surface area (Å²) in [5, 5.41) is 5.55. The van der Waals surface area contributed by atoms with Gasteiger partial charge in [-0.15, -0.1) is 11.3 Å². The van der Waals surface area contributed by atoms with E-state index in [9.17, 15) is 9.59 Å². The van der Waals surface area contributed by atoms with Crippen LogP contribution in [-0.4, -0.2) is 37.3 Å². The lowest BCUT2D eigenvalue weighted by atomic mass is 9.71. The number of nitrogens with zero attached hydrogens (tertiary/aromatic N) is 1. The third kappa shape index (κ3) is 2.93. The van der Waals surface area contributed by atoms with Crippen LogP contribution in [0.25, 0.3) is 0 Å². The Morgan fingerprint density at radius 2 is 2.00 bits per heavy atom. The van der Waals surface area contributed by atoms with E-state index < -0.39 is 11.5 Å². The zero-order valence-electron chi connectivity index (χ0n) is 17.1. The molecule has 7 heteroatoms. The van der Waals surface area contributed by atoms with Gasteiger partial charge in [-0.2, -0.15) is 0 Å². The van der Waals surface area contributed by atoms with E-state index in [4.69, 9.17) is 16.3 Å². The first-order valence-corrected chi connectivity index (χ1v) is 11.3. The monoisotopic (exact) mass is 452 g/mol. The summed E-state index contributed by atoms with van der Waals surface area (Å²) >= 11 is 7.52. The smallest absolute Gasteiger partial charge is 0.250 e. The average molecular weight is 453 g/mol. The largest absolute Gasteiger partial charge is 0.497 e. The lowest BCUT2D eigenvalue weighted by molar-refractivity contribution is -0.126. The number of rotatable bonds is 4. The van der Waals surface area contributed by atoms with Crippen LogP contribution in [0.4, 0.5) is 5.69 Å². The summed E-state index contributed by atoms with van der Waals surface area (Å²) in [6.45, 7) is 0.563. The number of hydrogen-bond acceptors (Lipinski definition) is 5. The van der Waals surface area contributed by atoms with Crippen molar-refractivity contribution in [2.45, 2.75) is 11.5 Å². The summed E-state index contributed by atoms with van der Waals surface area (Å²) in [7, 11) is 3.51. The van der Waals surface area contributed by atoms with Crippen molar-refractivity contribution < 1.29 is 14.3 Å². The number of anilines is 1. The van der Waals surface area contributed by atoms with Gasteiger partial charge in [-0.1, -0.05) is 29.8 Å². The summed E-state index contributed by atoms with van der Waals surface area (Å²) in [6, 6.07) is 16.8. The Kier molecular flexibility index (Phi) is 4.88. The highest BCUT2D eigenvalue weighted by Crippen LogP contribution is 2.56. The first-order valence-electron chi connectivity index (χ1n) is 10.0. The van der Waals surface area contributed by atoms with Crippen molar-refractivity contribution in [2.24, 2.45) is 5.92 Å². The highest BCUT2D eigenvalue weighted by atomic mass is 35.5. The van der Waals surface area contributed by atoms with Gasteiger partial charge in [-0.25, -0.2) is 0 Å². The van der Waals surface area contributed by atoms with Crippen molar-refractivity contribution in [3.63, 3.8) is 0 Å². The highest BCUT2D eigenvalue weighted by molar-refractivity contribution is 7.12. The van der Waals surface area contributed by atoms with Crippen molar-refractivity contribution in [2.75, 3.05) is 26.0 Å². The molecule has 1 saturated heterocycles. The molecule has 0 saturated carbocycles. The number of ketones is 1. The Bertz CT molecular complexity index is 1160. The van der Waals surface area contributed by atoms with E-state index in [0.29, 0.717) is 22.2 Å². The van der Waals surface area contributed by atoms with Crippen LogP contribution >= 0.6 is 22.9 Å². The number of likely N-dealkylation sites (tertiary alicyclic amines) is 1. The van der Waals surface area contributed by atoms with E-state index in [0.717, 1.165) is 16.8 Å². The number of fused-ring (bicyclic) bond motifs is 2. The van der Waals surface area contributed by atoms with E-state index in [2.05, 4.69) is 5.32 Å². The fourth-order valence-electron chi connectivity index (χ4n) is 5.13. The van der Waals surface area contributed by atoms with Crippen molar-refractivity contribution in [3.05, 3.63) is 81.0 Å². The number of carbonyl (C=O) groups excluding carboxylic acids is 2. The van der Waals surface area contributed by atoms with Gasteiger partial charge in [0.05, 0.1) is 17.9 Å². The summed E-state index contributed by atoms with van der Waals surface area (Å²) in [6.07, 6.45) is 0. The SMILES string of the molecule is COc1ccc2c(c1)C1(C(=O)N2)C(C(=O)c2cccs2)C(c2ccc(Cl)cc2)CN1C. The van der Waals surface area contributed by atoms with E-state index in [1.165, 1.54) is 11.3 Å². The molecule has 3 heterocycles. The summed E-state index contributed by atoms with van der Waals surface area (Å²) in [5.41, 5.74) is 1.38. The Balaban J connectivity index is 1.73. The number of amides is 1. The molecule has 2 aliphatic rings. The number of methoxy groups -OCH3 is 1. The van der Waals surface area contributed by atoms with Gasteiger partial charge >= 0.3 is 0 Å². The van der Waals surface area contributed by atoms with Crippen LogP contribution in [0.2, 0.25) is 5.02 Å². The number of likely N-dealkylation sites (N-methyl/N-ethyl adjacent to an activating group) is 1. The molecule has 5 nitrogen and oxygen atoms in total. The second-order valence-electron chi connectivity index (χ2n) is 7.99. The predicted molar refractivity (Wildman–Crippen MR) is 122 cm³/mol. The Morgan fingerprint density at radius 3 is 2.68 bits per heavy atom. The van der Waals surface area contributed by atoms with Crippen LogP contribution in [0.5, 0.6) is 5.75 Å². The number of benzene rings is 2. The minimum absolute atomic E-state index is 0.0230. The number of nitrogens with one attached hydrogen (secondary N) is 1. The Hall–Kier alpha value is -2.67. The number of hydrogen-bond donors (Lipinski definition) is 1. The van der Waals surface area contributed by atoms with Crippen molar-refractivity contribution in [1.82, 2.24) is 4.90 Å². The fraction of sp³-hybridized carbons (Fsp3) is 0.250. The predicted octanol–water partition coefficient (Wildman–Crippen LogP) is 4.79. The topological polar surface area (TPSA) is 58.6 Å². The molecular formula is C24H21ClN2O3S. The Labute approximate surface area is 189 Å². The highest BCUT2D eigenvalue weighted by Gasteiger charge is 2.64. The average Bonchev–Trinajstić information content (AvgIpc) is 3.47. The van der Waals surface area contributed by atoms with E-state index in [1.807, 2.05) is 71.9 Å².